The number of aryl methyl sites for hydroxylation is 2. The molecule has 0 aliphatic carbocycles. The zero-order valence-electron chi connectivity index (χ0n) is 15.2. The van der Waals surface area contributed by atoms with Crippen molar-refractivity contribution in [2.45, 2.75) is 32.9 Å². The summed E-state index contributed by atoms with van der Waals surface area (Å²) >= 11 is 11.9. The van der Waals surface area contributed by atoms with Gasteiger partial charge in [-0.25, -0.2) is 4.98 Å². The summed E-state index contributed by atoms with van der Waals surface area (Å²) in [6.45, 7) is 5.01. The Bertz CT molecular complexity index is 956. The number of imidazole rings is 1. The average molecular weight is 406 g/mol. The van der Waals surface area contributed by atoms with E-state index in [4.69, 9.17) is 27.9 Å². The third-order valence-corrected chi connectivity index (χ3v) is 4.80. The number of hydrogen-bond donors (Lipinski definition) is 1. The van der Waals surface area contributed by atoms with Crippen LogP contribution in [0.15, 0.2) is 42.5 Å². The smallest absolute Gasteiger partial charge is 0.260 e. The molecular weight excluding hydrogens is 385 g/mol. The number of para-hydroxylation sites is 2. The first-order valence-corrected chi connectivity index (χ1v) is 9.52. The summed E-state index contributed by atoms with van der Waals surface area (Å²) in [6, 6.07) is 12.9. The van der Waals surface area contributed by atoms with Crippen molar-refractivity contribution in [3.8, 4) is 5.75 Å². The fourth-order valence-electron chi connectivity index (χ4n) is 2.89. The molecule has 7 heteroatoms. The van der Waals surface area contributed by atoms with E-state index in [-0.39, 0.29) is 5.91 Å². The summed E-state index contributed by atoms with van der Waals surface area (Å²) in [7, 11) is 0. The molecule has 1 heterocycles. The minimum Gasteiger partial charge on any atom is -0.479 e. The number of carbonyl (C=O) groups excluding carboxylic acids is 1. The first-order valence-electron chi connectivity index (χ1n) is 8.77. The van der Waals surface area contributed by atoms with Crippen molar-refractivity contribution in [2.24, 2.45) is 0 Å². The van der Waals surface area contributed by atoms with Crippen molar-refractivity contribution in [2.75, 3.05) is 6.54 Å². The molecule has 1 atom stereocenters. The second kappa shape index (κ2) is 8.63. The van der Waals surface area contributed by atoms with Crippen LogP contribution in [0.3, 0.4) is 0 Å². The van der Waals surface area contributed by atoms with Gasteiger partial charge in [0.05, 0.1) is 16.1 Å². The number of amides is 1. The highest BCUT2D eigenvalue weighted by Gasteiger charge is 2.16. The van der Waals surface area contributed by atoms with Gasteiger partial charge in [-0.05, 0) is 50.6 Å². The lowest BCUT2D eigenvalue weighted by Gasteiger charge is -2.16. The summed E-state index contributed by atoms with van der Waals surface area (Å²) in [5.41, 5.74) is 2.09. The number of aromatic nitrogens is 2. The number of nitrogens with one attached hydrogen (secondary N) is 1. The van der Waals surface area contributed by atoms with E-state index in [9.17, 15) is 4.79 Å². The number of rotatable bonds is 7. The summed E-state index contributed by atoms with van der Waals surface area (Å²) in [6.07, 6.45) is 0.140. The minimum absolute atomic E-state index is 0.187. The van der Waals surface area contributed by atoms with E-state index in [1.165, 1.54) is 0 Å². The molecule has 1 unspecified atom stereocenters. The van der Waals surface area contributed by atoms with E-state index in [2.05, 4.69) is 20.9 Å². The van der Waals surface area contributed by atoms with Crippen LogP contribution < -0.4 is 10.1 Å². The molecule has 3 aromatic rings. The first kappa shape index (κ1) is 19.5. The van der Waals surface area contributed by atoms with Crippen LogP contribution >= 0.6 is 23.2 Å². The zero-order valence-corrected chi connectivity index (χ0v) is 16.7. The fourth-order valence-corrected chi connectivity index (χ4v) is 3.34. The molecule has 0 aliphatic heterocycles. The molecule has 1 aromatic heterocycles. The van der Waals surface area contributed by atoms with Crippen molar-refractivity contribution in [3.05, 3.63) is 58.3 Å². The largest absolute Gasteiger partial charge is 0.479 e. The summed E-state index contributed by atoms with van der Waals surface area (Å²) < 4.78 is 7.79. The predicted octanol–water partition coefficient (Wildman–Crippen LogP) is 4.63. The standard InChI is InChI=1S/C20H21Cl2N3O2/c1-13(27-19-9-8-15(21)12-16(19)22)20(26)23-10-5-11-25-14(2)24-17-6-3-4-7-18(17)25/h3-4,6-9,12-13H,5,10-11H2,1-2H3,(H,23,26). The van der Waals surface area contributed by atoms with E-state index in [0.29, 0.717) is 22.3 Å². The fraction of sp³-hybridized carbons (Fsp3) is 0.300. The Morgan fingerprint density at radius 2 is 2.04 bits per heavy atom. The molecule has 0 aliphatic rings. The summed E-state index contributed by atoms with van der Waals surface area (Å²) in [5, 5.41) is 3.80. The van der Waals surface area contributed by atoms with E-state index in [1.807, 2.05) is 25.1 Å². The first-order chi connectivity index (χ1) is 13.0. The minimum atomic E-state index is -0.653. The maximum atomic E-state index is 12.2. The number of fused-ring (bicyclic) bond motifs is 1. The van der Waals surface area contributed by atoms with Crippen molar-refractivity contribution >= 4 is 40.1 Å². The third kappa shape index (κ3) is 4.73. The van der Waals surface area contributed by atoms with E-state index >= 15 is 0 Å². The van der Waals surface area contributed by atoms with Crippen molar-refractivity contribution in [3.63, 3.8) is 0 Å². The van der Waals surface area contributed by atoms with Crippen molar-refractivity contribution < 1.29 is 9.53 Å². The van der Waals surface area contributed by atoms with Gasteiger partial charge in [-0.1, -0.05) is 35.3 Å². The Hall–Kier alpha value is -2.24. The van der Waals surface area contributed by atoms with Gasteiger partial charge < -0.3 is 14.6 Å². The molecule has 27 heavy (non-hydrogen) atoms. The Balaban J connectivity index is 1.49. The van der Waals surface area contributed by atoms with Gasteiger partial charge in [-0.2, -0.15) is 0 Å². The van der Waals surface area contributed by atoms with Crippen LogP contribution in [0.2, 0.25) is 10.0 Å². The highest BCUT2D eigenvalue weighted by molar-refractivity contribution is 6.35. The van der Waals surface area contributed by atoms with Gasteiger partial charge in [0.25, 0.3) is 5.91 Å². The quantitative estimate of drug-likeness (QED) is 0.583. The van der Waals surface area contributed by atoms with Crippen LogP contribution in [0, 0.1) is 6.92 Å². The van der Waals surface area contributed by atoms with Crippen LogP contribution in [0.5, 0.6) is 5.75 Å². The Labute approximate surface area is 168 Å². The molecule has 1 N–H and O–H groups in total. The summed E-state index contributed by atoms with van der Waals surface area (Å²) in [4.78, 5) is 16.8. The lowest BCUT2D eigenvalue weighted by molar-refractivity contribution is -0.127. The molecule has 0 bridgehead atoms. The lowest BCUT2D eigenvalue weighted by atomic mass is 10.3. The van der Waals surface area contributed by atoms with Crippen LogP contribution in [-0.4, -0.2) is 28.1 Å². The molecule has 2 aromatic carbocycles. The average Bonchev–Trinajstić information content (AvgIpc) is 2.96. The second-order valence-corrected chi connectivity index (χ2v) is 7.12. The van der Waals surface area contributed by atoms with Gasteiger partial charge >= 0.3 is 0 Å². The highest BCUT2D eigenvalue weighted by atomic mass is 35.5. The summed E-state index contributed by atoms with van der Waals surface area (Å²) in [5.74, 6) is 1.22. The van der Waals surface area contributed by atoms with Gasteiger partial charge in [0.1, 0.15) is 11.6 Å². The number of benzene rings is 2. The van der Waals surface area contributed by atoms with E-state index in [0.717, 1.165) is 29.8 Å². The molecule has 3 rings (SSSR count). The highest BCUT2D eigenvalue weighted by Crippen LogP contribution is 2.28. The molecule has 5 nitrogen and oxygen atoms in total. The molecule has 0 saturated carbocycles. The molecular formula is C20H21Cl2N3O2. The van der Waals surface area contributed by atoms with E-state index < -0.39 is 6.10 Å². The van der Waals surface area contributed by atoms with Crippen LogP contribution in [0.4, 0.5) is 0 Å². The Morgan fingerprint density at radius 3 is 2.81 bits per heavy atom. The maximum Gasteiger partial charge on any atom is 0.260 e. The third-order valence-electron chi connectivity index (χ3n) is 4.27. The number of ether oxygens (including phenoxy) is 1. The molecule has 1 amide bonds. The Morgan fingerprint density at radius 1 is 1.26 bits per heavy atom. The number of carbonyl (C=O) groups is 1. The van der Waals surface area contributed by atoms with Crippen LogP contribution in [-0.2, 0) is 11.3 Å². The predicted molar refractivity (Wildman–Crippen MR) is 109 cm³/mol. The van der Waals surface area contributed by atoms with E-state index in [1.54, 1.807) is 25.1 Å². The number of halogens is 2. The van der Waals surface area contributed by atoms with Crippen LogP contribution in [0.25, 0.3) is 11.0 Å². The number of hydrogen-bond acceptors (Lipinski definition) is 3. The Kier molecular flexibility index (Phi) is 6.24. The molecule has 142 valence electrons. The van der Waals surface area contributed by atoms with Gasteiger partial charge in [0.2, 0.25) is 0 Å². The van der Waals surface area contributed by atoms with Crippen molar-refractivity contribution in [1.29, 1.82) is 0 Å². The van der Waals surface area contributed by atoms with Gasteiger partial charge in [0, 0.05) is 18.1 Å². The van der Waals surface area contributed by atoms with Gasteiger partial charge in [-0.15, -0.1) is 0 Å². The normalized spacial score (nSPS) is 12.1. The van der Waals surface area contributed by atoms with Gasteiger partial charge in [-0.3, -0.25) is 4.79 Å². The molecule has 0 radical (unpaired) electrons. The SMILES string of the molecule is Cc1nc2ccccc2n1CCCNC(=O)C(C)Oc1ccc(Cl)cc1Cl. The molecule has 0 saturated heterocycles. The zero-order chi connectivity index (χ0) is 19.4. The van der Waals surface area contributed by atoms with Gasteiger partial charge in [0.15, 0.2) is 6.10 Å². The number of nitrogens with zero attached hydrogens (tertiary/aromatic N) is 2. The lowest BCUT2D eigenvalue weighted by Crippen LogP contribution is -2.37. The monoisotopic (exact) mass is 405 g/mol. The maximum absolute atomic E-state index is 12.2. The molecule has 0 fully saturated rings. The molecule has 0 spiro atoms. The van der Waals surface area contributed by atoms with Crippen LogP contribution in [0.1, 0.15) is 19.2 Å². The van der Waals surface area contributed by atoms with Crippen molar-refractivity contribution in [1.82, 2.24) is 14.9 Å². The second-order valence-electron chi connectivity index (χ2n) is 6.28. The topological polar surface area (TPSA) is 56.2 Å².